The molecule has 3 rings (SSSR count). The molecule has 114 valence electrons. The summed E-state index contributed by atoms with van der Waals surface area (Å²) >= 11 is 0. The molecule has 2 aliphatic heterocycles. The second-order valence-electron chi connectivity index (χ2n) is 6.08. The van der Waals surface area contributed by atoms with Crippen LogP contribution in [0.15, 0.2) is 0 Å². The Balaban J connectivity index is 1.84. The first-order valence-corrected chi connectivity index (χ1v) is 7.29. The van der Waals surface area contributed by atoms with Crippen LogP contribution in [-0.4, -0.2) is 47.0 Å². The molecule has 0 bridgehead atoms. The maximum atomic E-state index is 11.6. The van der Waals surface area contributed by atoms with Gasteiger partial charge in [0, 0.05) is 26.2 Å². The summed E-state index contributed by atoms with van der Waals surface area (Å²) in [5.74, 6) is 1.10. The van der Waals surface area contributed by atoms with Crippen LogP contribution in [0.3, 0.4) is 0 Å². The summed E-state index contributed by atoms with van der Waals surface area (Å²) in [6, 6.07) is 0. The summed E-state index contributed by atoms with van der Waals surface area (Å²) in [7, 11) is 0. The Bertz CT molecular complexity index is 557. The molecule has 0 spiro atoms. The molecule has 2 aliphatic rings. The molecule has 8 nitrogen and oxygen atoms in total. The highest BCUT2D eigenvalue weighted by Gasteiger charge is 2.40. The fourth-order valence-corrected chi connectivity index (χ4v) is 2.90. The van der Waals surface area contributed by atoms with E-state index >= 15 is 0 Å². The van der Waals surface area contributed by atoms with E-state index in [0.29, 0.717) is 31.4 Å². The monoisotopic (exact) mass is 291 g/mol. The van der Waals surface area contributed by atoms with E-state index < -0.39 is 5.41 Å². The average molecular weight is 291 g/mol. The van der Waals surface area contributed by atoms with Crippen molar-refractivity contribution in [2.75, 3.05) is 41.7 Å². The fraction of sp³-hybridized carbons (Fsp3) is 0.692. The van der Waals surface area contributed by atoms with Crippen LogP contribution in [0.5, 0.6) is 0 Å². The Labute approximate surface area is 123 Å². The Morgan fingerprint density at radius 2 is 1.71 bits per heavy atom. The molecule has 1 unspecified atom stereocenters. The molecule has 21 heavy (non-hydrogen) atoms. The topological polar surface area (TPSA) is 114 Å². The SMILES string of the molecule is CC1(C(N)=O)CCN(c2nc(N)nc(N3CCCC3)n2)C1. The Hall–Kier alpha value is -2.12. The number of nitrogens with two attached hydrogens (primary N) is 2. The molecule has 1 atom stereocenters. The number of hydrogen-bond donors (Lipinski definition) is 2. The second-order valence-corrected chi connectivity index (χ2v) is 6.08. The van der Waals surface area contributed by atoms with Crippen molar-refractivity contribution in [3.63, 3.8) is 0 Å². The van der Waals surface area contributed by atoms with Gasteiger partial charge < -0.3 is 21.3 Å². The molecule has 3 heterocycles. The Morgan fingerprint density at radius 1 is 1.10 bits per heavy atom. The largest absolute Gasteiger partial charge is 0.369 e. The van der Waals surface area contributed by atoms with Gasteiger partial charge in [0.05, 0.1) is 5.41 Å². The number of aromatic nitrogens is 3. The number of hydrogen-bond acceptors (Lipinski definition) is 7. The summed E-state index contributed by atoms with van der Waals surface area (Å²) in [5.41, 5.74) is 10.8. The van der Waals surface area contributed by atoms with E-state index in [9.17, 15) is 4.79 Å². The predicted molar refractivity (Wildman–Crippen MR) is 79.8 cm³/mol. The number of nitrogens with zero attached hydrogens (tertiary/aromatic N) is 5. The molecule has 0 aromatic carbocycles. The summed E-state index contributed by atoms with van der Waals surface area (Å²) in [5, 5.41) is 0. The van der Waals surface area contributed by atoms with Gasteiger partial charge in [0.15, 0.2) is 0 Å². The van der Waals surface area contributed by atoms with Crippen LogP contribution in [0.25, 0.3) is 0 Å². The van der Waals surface area contributed by atoms with Crippen LogP contribution < -0.4 is 21.3 Å². The summed E-state index contributed by atoms with van der Waals surface area (Å²) in [6.07, 6.45) is 2.99. The molecule has 0 radical (unpaired) electrons. The van der Waals surface area contributed by atoms with Crippen molar-refractivity contribution in [2.45, 2.75) is 26.2 Å². The molecule has 0 aliphatic carbocycles. The number of carbonyl (C=O) groups is 1. The van der Waals surface area contributed by atoms with Gasteiger partial charge in [0.25, 0.3) is 0 Å². The zero-order valence-corrected chi connectivity index (χ0v) is 12.2. The maximum absolute atomic E-state index is 11.6. The first-order chi connectivity index (χ1) is 9.98. The van der Waals surface area contributed by atoms with E-state index in [2.05, 4.69) is 19.9 Å². The van der Waals surface area contributed by atoms with Gasteiger partial charge in [-0.05, 0) is 26.2 Å². The lowest BCUT2D eigenvalue weighted by Gasteiger charge is -2.22. The van der Waals surface area contributed by atoms with Gasteiger partial charge in [-0.25, -0.2) is 0 Å². The number of nitrogen functional groups attached to an aromatic ring is 1. The van der Waals surface area contributed by atoms with Crippen LogP contribution in [0.1, 0.15) is 26.2 Å². The Morgan fingerprint density at radius 3 is 2.29 bits per heavy atom. The van der Waals surface area contributed by atoms with Crippen molar-refractivity contribution in [1.29, 1.82) is 0 Å². The number of carbonyl (C=O) groups excluding carboxylic acids is 1. The molecule has 0 saturated carbocycles. The van der Waals surface area contributed by atoms with Gasteiger partial charge in [-0.2, -0.15) is 15.0 Å². The molecule has 1 aromatic heterocycles. The van der Waals surface area contributed by atoms with Gasteiger partial charge in [-0.3, -0.25) is 4.79 Å². The second kappa shape index (κ2) is 5.01. The molecular formula is C13H21N7O. The highest BCUT2D eigenvalue weighted by molar-refractivity contribution is 5.81. The first-order valence-electron chi connectivity index (χ1n) is 7.29. The van der Waals surface area contributed by atoms with Gasteiger partial charge >= 0.3 is 0 Å². The van der Waals surface area contributed by atoms with Gasteiger partial charge in [0.1, 0.15) is 0 Å². The quantitative estimate of drug-likeness (QED) is 0.789. The van der Waals surface area contributed by atoms with E-state index in [1.165, 1.54) is 0 Å². The first kappa shape index (κ1) is 13.8. The molecule has 2 saturated heterocycles. The lowest BCUT2D eigenvalue weighted by atomic mass is 9.89. The highest BCUT2D eigenvalue weighted by Crippen LogP contribution is 2.32. The van der Waals surface area contributed by atoms with Crippen molar-refractivity contribution in [3.8, 4) is 0 Å². The van der Waals surface area contributed by atoms with Crippen molar-refractivity contribution < 1.29 is 4.79 Å². The number of anilines is 3. The lowest BCUT2D eigenvalue weighted by molar-refractivity contribution is -0.125. The van der Waals surface area contributed by atoms with Crippen molar-refractivity contribution in [1.82, 2.24) is 15.0 Å². The van der Waals surface area contributed by atoms with E-state index in [0.717, 1.165) is 25.9 Å². The molecular weight excluding hydrogens is 270 g/mol. The summed E-state index contributed by atoms with van der Waals surface area (Å²) < 4.78 is 0. The fourth-order valence-electron chi connectivity index (χ4n) is 2.90. The summed E-state index contributed by atoms with van der Waals surface area (Å²) in [6.45, 7) is 4.98. The van der Waals surface area contributed by atoms with Gasteiger partial charge in [-0.1, -0.05) is 0 Å². The number of amides is 1. The molecule has 2 fully saturated rings. The molecule has 1 aromatic rings. The number of rotatable bonds is 3. The zero-order chi connectivity index (χ0) is 15.0. The normalized spacial score (nSPS) is 25.6. The number of primary amides is 1. The van der Waals surface area contributed by atoms with Crippen LogP contribution in [-0.2, 0) is 4.79 Å². The third kappa shape index (κ3) is 2.57. The summed E-state index contributed by atoms with van der Waals surface area (Å²) in [4.78, 5) is 28.6. The zero-order valence-electron chi connectivity index (χ0n) is 12.2. The third-order valence-electron chi connectivity index (χ3n) is 4.37. The van der Waals surface area contributed by atoms with Crippen LogP contribution in [0.2, 0.25) is 0 Å². The third-order valence-corrected chi connectivity index (χ3v) is 4.37. The minimum Gasteiger partial charge on any atom is -0.369 e. The maximum Gasteiger partial charge on any atom is 0.231 e. The highest BCUT2D eigenvalue weighted by atomic mass is 16.1. The van der Waals surface area contributed by atoms with E-state index in [-0.39, 0.29) is 11.9 Å². The molecule has 4 N–H and O–H groups in total. The smallest absolute Gasteiger partial charge is 0.231 e. The van der Waals surface area contributed by atoms with Crippen LogP contribution in [0.4, 0.5) is 17.8 Å². The minimum atomic E-state index is -0.533. The predicted octanol–water partition coefficient (Wildman–Crippen LogP) is -0.244. The Kier molecular flexibility index (Phi) is 3.30. The standard InChI is InChI=1S/C13H21N7O/c1-13(9(14)21)4-7-20(8-13)12-17-10(15)16-11(18-12)19-5-2-3-6-19/h2-8H2,1H3,(H2,14,21)(H2,15,16,17,18). The average Bonchev–Trinajstić information content (AvgIpc) is 3.08. The van der Waals surface area contributed by atoms with Crippen molar-refractivity contribution in [3.05, 3.63) is 0 Å². The van der Waals surface area contributed by atoms with Crippen molar-refractivity contribution in [2.24, 2.45) is 11.1 Å². The van der Waals surface area contributed by atoms with E-state index in [4.69, 9.17) is 11.5 Å². The van der Waals surface area contributed by atoms with Gasteiger partial charge in [-0.15, -0.1) is 0 Å². The molecule has 8 heteroatoms. The van der Waals surface area contributed by atoms with Crippen LogP contribution >= 0.6 is 0 Å². The van der Waals surface area contributed by atoms with Gasteiger partial charge in [0.2, 0.25) is 23.8 Å². The van der Waals surface area contributed by atoms with E-state index in [1.807, 2.05) is 11.8 Å². The van der Waals surface area contributed by atoms with E-state index in [1.54, 1.807) is 0 Å². The minimum absolute atomic E-state index is 0.217. The van der Waals surface area contributed by atoms with Crippen molar-refractivity contribution >= 4 is 23.8 Å². The van der Waals surface area contributed by atoms with Crippen LogP contribution in [0, 0.1) is 5.41 Å². The molecule has 1 amide bonds. The lowest BCUT2D eigenvalue weighted by Crippen LogP contribution is -2.37.